The number of piperazine rings is 1. The molecule has 0 aliphatic carbocycles. The van der Waals surface area contributed by atoms with E-state index < -0.39 is 0 Å². The van der Waals surface area contributed by atoms with E-state index >= 15 is 0 Å². The van der Waals surface area contributed by atoms with Crippen molar-refractivity contribution in [3.63, 3.8) is 0 Å². The van der Waals surface area contributed by atoms with Crippen LogP contribution in [0.4, 0.5) is 5.69 Å². The predicted molar refractivity (Wildman–Crippen MR) is 87.6 cm³/mol. The van der Waals surface area contributed by atoms with Crippen LogP contribution in [0.15, 0.2) is 18.2 Å². The van der Waals surface area contributed by atoms with Crippen molar-refractivity contribution < 1.29 is 0 Å². The highest BCUT2D eigenvalue weighted by Crippen LogP contribution is 2.22. The molecule has 2 rings (SSSR count). The van der Waals surface area contributed by atoms with Gasteiger partial charge in [-0.15, -0.1) is 0 Å². The topological polar surface area (TPSA) is 18.5 Å². The molecule has 3 heteroatoms. The summed E-state index contributed by atoms with van der Waals surface area (Å²) < 4.78 is 0. The SMILES string of the molecule is CCc1cccc(CC)c1NCCN1CCN(C)CC1. The molecule has 0 spiro atoms. The summed E-state index contributed by atoms with van der Waals surface area (Å²) in [6.07, 6.45) is 2.20. The van der Waals surface area contributed by atoms with Gasteiger partial charge in [-0.25, -0.2) is 0 Å². The Labute approximate surface area is 124 Å². The lowest BCUT2D eigenvalue weighted by atomic mass is 10.0. The van der Waals surface area contributed by atoms with Gasteiger partial charge in [0.15, 0.2) is 0 Å². The second-order valence-corrected chi connectivity index (χ2v) is 5.73. The maximum atomic E-state index is 3.69. The number of rotatable bonds is 6. The van der Waals surface area contributed by atoms with E-state index in [2.05, 4.69) is 54.2 Å². The zero-order valence-corrected chi connectivity index (χ0v) is 13.3. The third-order valence-corrected chi connectivity index (χ3v) is 4.32. The highest BCUT2D eigenvalue weighted by molar-refractivity contribution is 5.57. The average molecular weight is 275 g/mol. The normalized spacial score (nSPS) is 17.4. The van der Waals surface area contributed by atoms with Gasteiger partial charge in [-0.2, -0.15) is 0 Å². The van der Waals surface area contributed by atoms with Crippen molar-refractivity contribution in [3.8, 4) is 0 Å². The van der Waals surface area contributed by atoms with Crippen LogP contribution in [0, 0.1) is 0 Å². The molecule has 0 saturated carbocycles. The standard InChI is InChI=1S/C17H29N3/c1-4-15-7-6-8-16(5-2)17(15)18-9-10-20-13-11-19(3)12-14-20/h6-8,18H,4-5,9-14H2,1-3H3. The number of hydrogen-bond acceptors (Lipinski definition) is 3. The summed E-state index contributed by atoms with van der Waals surface area (Å²) in [5.74, 6) is 0. The lowest BCUT2D eigenvalue weighted by Gasteiger charge is -2.32. The number of hydrogen-bond donors (Lipinski definition) is 1. The van der Waals surface area contributed by atoms with Gasteiger partial charge in [-0.1, -0.05) is 32.0 Å². The molecule has 0 bridgehead atoms. The van der Waals surface area contributed by atoms with Gasteiger partial charge in [0.2, 0.25) is 0 Å². The maximum Gasteiger partial charge on any atom is 0.0405 e. The van der Waals surface area contributed by atoms with Gasteiger partial charge in [0, 0.05) is 45.0 Å². The summed E-state index contributed by atoms with van der Waals surface area (Å²) in [7, 11) is 2.21. The zero-order chi connectivity index (χ0) is 14.4. The van der Waals surface area contributed by atoms with Crippen LogP contribution in [0.3, 0.4) is 0 Å². The number of para-hydroxylation sites is 1. The summed E-state index contributed by atoms with van der Waals surface area (Å²) in [5, 5.41) is 3.69. The van der Waals surface area contributed by atoms with E-state index in [1.807, 2.05) is 0 Å². The smallest absolute Gasteiger partial charge is 0.0405 e. The Balaban J connectivity index is 1.87. The molecule has 0 unspecified atom stereocenters. The number of aryl methyl sites for hydroxylation is 2. The molecule has 1 aliphatic rings. The Kier molecular flexibility index (Phi) is 5.86. The fourth-order valence-electron chi connectivity index (χ4n) is 2.88. The molecule has 1 saturated heterocycles. The van der Waals surface area contributed by atoms with Crippen molar-refractivity contribution in [2.24, 2.45) is 0 Å². The van der Waals surface area contributed by atoms with Crippen LogP contribution in [0.25, 0.3) is 0 Å². The lowest BCUT2D eigenvalue weighted by molar-refractivity contribution is 0.158. The second-order valence-electron chi connectivity index (χ2n) is 5.73. The van der Waals surface area contributed by atoms with Crippen molar-refractivity contribution >= 4 is 5.69 Å². The average Bonchev–Trinajstić information content (AvgIpc) is 2.49. The van der Waals surface area contributed by atoms with Gasteiger partial charge < -0.3 is 10.2 Å². The Hall–Kier alpha value is -1.06. The van der Waals surface area contributed by atoms with Crippen LogP contribution in [-0.4, -0.2) is 56.1 Å². The summed E-state index contributed by atoms with van der Waals surface area (Å²) in [5.41, 5.74) is 4.28. The van der Waals surface area contributed by atoms with Gasteiger partial charge in [0.1, 0.15) is 0 Å². The predicted octanol–water partition coefficient (Wildman–Crippen LogP) is 2.47. The molecule has 3 nitrogen and oxygen atoms in total. The minimum Gasteiger partial charge on any atom is -0.383 e. The quantitative estimate of drug-likeness (QED) is 0.860. The van der Waals surface area contributed by atoms with Gasteiger partial charge >= 0.3 is 0 Å². The number of likely N-dealkylation sites (N-methyl/N-ethyl adjacent to an activating group) is 1. The molecular formula is C17H29N3. The zero-order valence-electron chi connectivity index (χ0n) is 13.3. The molecular weight excluding hydrogens is 246 g/mol. The molecule has 1 N–H and O–H groups in total. The van der Waals surface area contributed by atoms with E-state index in [1.165, 1.54) is 43.0 Å². The Morgan fingerprint density at radius 2 is 1.60 bits per heavy atom. The molecule has 0 aromatic heterocycles. The number of nitrogens with zero attached hydrogens (tertiary/aromatic N) is 2. The van der Waals surface area contributed by atoms with Crippen molar-refractivity contribution in [3.05, 3.63) is 29.3 Å². The Morgan fingerprint density at radius 3 is 2.15 bits per heavy atom. The summed E-state index contributed by atoms with van der Waals surface area (Å²) in [4.78, 5) is 4.97. The molecule has 112 valence electrons. The van der Waals surface area contributed by atoms with Crippen LogP contribution in [-0.2, 0) is 12.8 Å². The Morgan fingerprint density at radius 1 is 1.00 bits per heavy atom. The molecule has 0 amide bonds. The lowest BCUT2D eigenvalue weighted by Crippen LogP contribution is -2.45. The first-order valence-corrected chi connectivity index (χ1v) is 8.00. The van der Waals surface area contributed by atoms with E-state index in [-0.39, 0.29) is 0 Å². The highest BCUT2D eigenvalue weighted by atomic mass is 15.2. The van der Waals surface area contributed by atoms with Crippen LogP contribution >= 0.6 is 0 Å². The fourth-order valence-corrected chi connectivity index (χ4v) is 2.88. The van der Waals surface area contributed by atoms with Gasteiger partial charge in [-0.3, -0.25) is 4.90 Å². The largest absolute Gasteiger partial charge is 0.383 e. The van der Waals surface area contributed by atoms with Crippen LogP contribution in [0.2, 0.25) is 0 Å². The number of anilines is 1. The number of benzene rings is 1. The minimum absolute atomic E-state index is 1.05. The summed E-state index contributed by atoms with van der Waals surface area (Å²) in [6, 6.07) is 6.68. The number of nitrogens with one attached hydrogen (secondary N) is 1. The first-order valence-electron chi connectivity index (χ1n) is 8.00. The van der Waals surface area contributed by atoms with E-state index in [9.17, 15) is 0 Å². The fraction of sp³-hybridized carbons (Fsp3) is 0.647. The van der Waals surface area contributed by atoms with E-state index in [0.29, 0.717) is 0 Å². The summed E-state index contributed by atoms with van der Waals surface area (Å²) in [6.45, 7) is 11.5. The molecule has 1 aromatic carbocycles. The van der Waals surface area contributed by atoms with Crippen LogP contribution in [0.1, 0.15) is 25.0 Å². The van der Waals surface area contributed by atoms with Crippen molar-refractivity contribution in [2.75, 3.05) is 51.6 Å². The van der Waals surface area contributed by atoms with E-state index in [0.717, 1.165) is 25.9 Å². The van der Waals surface area contributed by atoms with Gasteiger partial charge in [0.25, 0.3) is 0 Å². The van der Waals surface area contributed by atoms with Crippen LogP contribution in [0.5, 0.6) is 0 Å². The minimum atomic E-state index is 1.05. The molecule has 0 atom stereocenters. The monoisotopic (exact) mass is 275 g/mol. The van der Waals surface area contributed by atoms with Crippen molar-refractivity contribution in [1.29, 1.82) is 0 Å². The molecule has 20 heavy (non-hydrogen) atoms. The van der Waals surface area contributed by atoms with Gasteiger partial charge in [0.05, 0.1) is 0 Å². The molecule has 1 aromatic rings. The van der Waals surface area contributed by atoms with Crippen molar-refractivity contribution in [1.82, 2.24) is 9.80 Å². The van der Waals surface area contributed by atoms with Gasteiger partial charge in [-0.05, 0) is 31.0 Å². The highest BCUT2D eigenvalue weighted by Gasteiger charge is 2.13. The Bertz CT molecular complexity index is 386. The molecule has 1 fully saturated rings. The first kappa shape index (κ1) is 15.3. The van der Waals surface area contributed by atoms with Crippen LogP contribution < -0.4 is 5.32 Å². The molecule has 0 radical (unpaired) electrons. The van der Waals surface area contributed by atoms with Crippen molar-refractivity contribution in [2.45, 2.75) is 26.7 Å². The maximum absolute atomic E-state index is 3.69. The summed E-state index contributed by atoms with van der Waals surface area (Å²) >= 11 is 0. The third-order valence-electron chi connectivity index (χ3n) is 4.32. The molecule has 1 aliphatic heterocycles. The third kappa shape index (κ3) is 3.97. The second kappa shape index (κ2) is 7.65. The van der Waals surface area contributed by atoms with E-state index in [1.54, 1.807) is 0 Å². The van der Waals surface area contributed by atoms with E-state index in [4.69, 9.17) is 0 Å². The molecule has 1 heterocycles. The first-order chi connectivity index (χ1) is 9.74.